The summed E-state index contributed by atoms with van der Waals surface area (Å²) in [6.45, 7) is 1.98. The SMILES string of the molecule is Cc1ccc(NC(=O)Cc2nc(-c3cccc([N+](=O)[O-])c3)cs2)cc1. The summed E-state index contributed by atoms with van der Waals surface area (Å²) in [5.74, 6) is -0.149. The first-order chi connectivity index (χ1) is 12.0. The first-order valence-corrected chi connectivity index (χ1v) is 8.45. The number of nitro groups is 1. The molecule has 0 bridgehead atoms. The first kappa shape index (κ1) is 16.8. The highest BCUT2D eigenvalue weighted by atomic mass is 32.1. The van der Waals surface area contributed by atoms with E-state index in [0.717, 1.165) is 11.3 Å². The predicted molar refractivity (Wildman–Crippen MR) is 97.7 cm³/mol. The van der Waals surface area contributed by atoms with Crippen LogP contribution >= 0.6 is 11.3 Å². The molecular weight excluding hydrogens is 338 g/mol. The van der Waals surface area contributed by atoms with Gasteiger partial charge in [-0.1, -0.05) is 29.8 Å². The predicted octanol–water partition coefficient (Wildman–Crippen LogP) is 4.21. The minimum atomic E-state index is -0.439. The maximum Gasteiger partial charge on any atom is 0.270 e. The molecule has 3 aromatic rings. The van der Waals surface area contributed by atoms with E-state index in [2.05, 4.69) is 10.3 Å². The molecule has 126 valence electrons. The van der Waals surface area contributed by atoms with E-state index < -0.39 is 4.92 Å². The number of anilines is 1. The number of benzene rings is 2. The van der Waals surface area contributed by atoms with Crippen molar-refractivity contribution in [2.24, 2.45) is 0 Å². The zero-order chi connectivity index (χ0) is 17.8. The molecule has 2 aromatic carbocycles. The molecule has 1 amide bonds. The second kappa shape index (κ2) is 7.23. The van der Waals surface area contributed by atoms with Crippen LogP contribution in [-0.4, -0.2) is 15.8 Å². The smallest absolute Gasteiger partial charge is 0.270 e. The minimum absolute atomic E-state index is 0.0177. The number of aromatic nitrogens is 1. The van der Waals surface area contributed by atoms with E-state index in [-0.39, 0.29) is 18.0 Å². The normalized spacial score (nSPS) is 10.4. The molecule has 0 saturated carbocycles. The Hall–Kier alpha value is -3.06. The fraction of sp³-hybridized carbons (Fsp3) is 0.111. The molecule has 1 N–H and O–H groups in total. The van der Waals surface area contributed by atoms with Crippen LogP contribution in [0.3, 0.4) is 0 Å². The number of thiazole rings is 1. The summed E-state index contributed by atoms with van der Waals surface area (Å²) in [6, 6.07) is 13.9. The summed E-state index contributed by atoms with van der Waals surface area (Å²) >= 11 is 1.36. The lowest BCUT2D eigenvalue weighted by Crippen LogP contribution is -2.14. The topological polar surface area (TPSA) is 85.1 Å². The van der Waals surface area contributed by atoms with Crippen LogP contribution in [0.5, 0.6) is 0 Å². The van der Waals surface area contributed by atoms with Gasteiger partial charge in [-0.2, -0.15) is 0 Å². The molecule has 25 heavy (non-hydrogen) atoms. The van der Waals surface area contributed by atoms with Crippen molar-refractivity contribution in [3.63, 3.8) is 0 Å². The molecule has 0 spiro atoms. The third kappa shape index (κ3) is 4.27. The van der Waals surface area contributed by atoms with Gasteiger partial charge in [0.2, 0.25) is 5.91 Å². The molecule has 7 heteroatoms. The molecule has 0 unspecified atom stereocenters. The number of aryl methyl sites for hydroxylation is 1. The average molecular weight is 353 g/mol. The summed E-state index contributed by atoms with van der Waals surface area (Å²) < 4.78 is 0. The number of non-ortho nitro benzene ring substituents is 1. The van der Waals surface area contributed by atoms with Gasteiger partial charge < -0.3 is 5.32 Å². The number of amides is 1. The standard InChI is InChI=1S/C18H15N3O3S/c1-12-5-7-14(8-6-12)19-17(22)10-18-20-16(11-25-18)13-3-2-4-15(9-13)21(23)24/h2-9,11H,10H2,1H3,(H,19,22). The van der Waals surface area contributed by atoms with Crippen LogP contribution in [-0.2, 0) is 11.2 Å². The van der Waals surface area contributed by atoms with Crippen LogP contribution in [0.15, 0.2) is 53.9 Å². The molecule has 0 fully saturated rings. The fourth-order valence-corrected chi connectivity index (χ4v) is 3.08. The van der Waals surface area contributed by atoms with E-state index in [9.17, 15) is 14.9 Å². The summed E-state index contributed by atoms with van der Waals surface area (Å²) in [4.78, 5) is 27.0. The number of nitro benzene ring substituents is 1. The van der Waals surface area contributed by atoms with Crippen molar-refractivity contribution in [3.8, 4) is 11.3 Å². The van der Waals surface area contributed by atoms with Gasteiger partial charge in [-0.05, 0) is 19.1 Å². The number of carbonyl (C=O) groups excluding carboxylic acids is 1. The highest BCUT2D eigenvalue weighted by molar-refractivity contribution is 7.10. The Morgan fingerprint density at radius 1 is 1.24 bits per heavy atom. The van der Waals surface area contributed by atoms with Crippen LogP contribution in [0.4, 0.5) is 11.4 Å². The van der Waals surface area contributed by atoms with Crippen molar-refractivity contribution < 1.29 is 9.72 Å². The van der Waals surface area contributed by atoms with Crippen LogP contribution in [0.1, 0.15) is 10.6 Å². The van der Waals surface area contributed by atoms with Gasteiger partial charge in [0.05, 0.1) is 17.0 Å². The van der Waals surface area contributed by atoms with Crippen molar-refractivity contribution in [3.05, 3.63) is 74.6 Å². The summed E-state index contributed by atoms with van der Waals surface area (Å²) in [5.41, 5.74) is 3.18. The van der Waals surface area contributed by atoms with E-state index >= 15 is 0 Å². The molecule has 0 atom stereocenters. The van der Waals surface area contributed by atoms with Crippen LogP contribution in [0.2, 0.25) is 0 Å². The third-order valence-electron chi connectivity index (χ3n) is 3.55. The Bertz CT molecular complexity index is 919. The average Bonchev–Trinajstić information content (AvgIpc) is 3.05. The van der Waals surface area contributed by atoms with Crippen molar-refractivity contribution in [2.75, 3.05) is 5.32 Å². The largest absolute Gasteiger partial charge is 0.326 e. The third-order valence-corrected chi connectivity index (χ3v) is 4.40. The van der Waals surface area contributed by atoms with Crippen LogP contribution in [0, 0.1) is 17.0 Å². The molecule has 0 radical (unpaired) electrons. The molecular formula is C18H15N3O3S. The number of rotatable bonds is 5. The highest BCUT2D eigenvalue weighted by Gasteiger charge is 2.12. The van der Waals surface area contributed by atoms with Crippen LogP contribution in [0.25, 0.3) is 11.3 Å². The number of nitrogens with zero attached hydrogens (tertiary/aromatic N) is 2. The number of hydrogen-bond acceptors (Lipinski definition) is 5. The fourth-order valence-electron chi connectivity index (χ4n) is 2.28. The Kier molecular flexibility index (Phi) is 4.85. The minimum Gasteiger partial charge on any atom is -0.326 e. The van der Waals surface area contributed by atoms with Gasteiger partial charge >= 0.3 is 0 Å². The van der Waals surface area contributed by atoms with E-state index in [0.29, 0.717) is 16.3 Å². The van der Waals surface area contributed by atoms with E-state index in [1.54, 1.807) is 17.5 Å². The van der Waals surface area contributed by atoms with E-state index in [1.165, 1.54) is 23.5 Å². The number of carbonyl (C=O) groups is 1. The number of nitrogens with one attached hydrogen (secondary N) is 1. The second-order valence-electron chi connectivity index (χ2n) is 5.52. The van der Waals surface area contributed by atoms with Gasteiger partial charge in [-0.25, -0.2) is 4.98 Å². The Labute approximate surface area is 148 Å². The maximum absolute atomic E-state index is 12.1. The first-order valence-electron chi connectivity index (χ1n) is 7.57. The molecule has 1 heterocycles. The lowest BCUT2D eigenvalue weighted by atomic mass is 10.1. The molecule has 3 rings (SSSR count). The van der Waals surface area contributed by atoms with E-state index in [4.69, 9.17) is 0 Å². The quantitative estimate of drug-likeness (QED) is 0.550. The van der Waals surface area contributed by atoms with Gasteiger partial charge in [0.15, 0.2) is 0 Å². The van der Waals surface area contributed by atoms with Crippen molar-refractivity contribution in [1.82, 2.24) is 4.98 Å². The molecule has 0 aliphatic heterocycles. The summed E-state index contributed by atoms with van der Waals surface area (Å²) in [5, 5.41) is 16.2. The van der Waals surface area contributed by atoms with Gasteiger partial charge in [0.1, 0.15) is 5.01 Å². The van der Waals surface area contributed by atoms with Gasteiger partial charge in [0, 0.05) is 28.8 Å². The zero-order valence-electron chi connectivity index (χ0n) is 13.4. The molecule has 6 nitrogen and oxygen atoms in total. The van der Waals surface area contributed by atoms with Crippen molar-refractivity contribution in [1.29, 1.82) is 0 Å². The van der Waals surface area contributed by atoms with Gasteiger partial charge in [0.25, 0.3) is 5.69 Å². The Morgan fingerprint density at radius 3 is 2.72 bits per heavy atom. The van der Waals surface area contributed by atoms with Crippen molar-refractivity contribution >= 4 is 28.6 Å². The summed E-state index contributed by atoms with van der Waals surface area (Å²) in [6.07, 6.45) is 0.160. The van der Waals surface area contributed by atoms with E-state index in [1.807, 2.05) is 31.2 Å². The summed E-state index contributed by atoms with van der Waals surface area (Å²) in [7, 11) is 0. The van der Waals surface area contributed by atoms with Gasteiger partial charge in [-0.3, -0.25) is 14.9 Å². The van der Waals surface area contributed by atoms with Crippen molar-refractivity contribution in [2.45, 2.75) is 13.3 Å². The zero-order valence-corrected chi connectivity index (χ0v) is 14.2. The lowest BCUT2D eigenvalue weighted by molar-refractivity contribution is -0.384. The van der Waals surface area contributed by atoms with Gasteiger partial charge in [-0.15, -0.1) is 11.3 Å². The Morgan fingerprint density at radius 2 is 2.00 bits per heavy atom. The lowest BCUT2D eigenvalue weighted by Gasteiger charge is -2.04. The Balaban J connectivity index is 1.69. The molecule has 0 saturated heterocycles. The molecule has 0 aliphatic rings. The highest BCUT2D eigenvalue weighted by Crippen LogP contribution is 2.25. The maximum atomic E-state index is 12.1. The number of hydrogen-bond donors (Lipinski definition) is 1. The molecule has 0 aliphatic carbocycles. The molecule has 1 aromatic heterocycles. The second-order valence-corrected chi connectivity index (χ2v) is 6.47. The monoisotopic (exact) mass is 353 g/mol. The van der Waals surface area contributed by atoms with Crippen LogP contribution < -0.4 is 5.32 Å².